The molecule has 1 aromatic heterocycles. The number of anilines is 1. The zero-order valence-electron chi connectivity index (χ0n) is 10.9. The van der Waals surface area contributed by atoms with Gasteiger partial charge in [-0.05, 0) is 12.5 Å². The Morgan fingerprint density at radius 2 is 2.25 bits per heavy atom. The van der Waals surface area contributed by atoms with Crippen LogP contribution in [0.4, 0.5) is 5.82 Å². The standard InChI is InChI=1S/C13H15ClN4O2/c14-12-10(8-15)2-3-16-13(12)18-5-1-4-17(6-7-18)9-11(19)20/h2-3H,1,4-7,9H2,(H,19,20). The van der Waals surface area contributed by atoms with Crippen molar-refractivity contribution in [1.82, 2.24) is 9.88 Å². The predicted octanol–water partition coefficient (Wildman–Crippen LogP) is 1.20. The molecule has 7 heteroatoms. The number of pyridine rings is 1. The van der Waals surface area contributed by atoms with E-state index in [-0.39, 0.29) is 6.54 Å². The first kappa shape index (κ1) is 14.6. The predicted molar refractivity (Wildman–Crippen MR) is 74.9 cm³/mol. The Morgan fingerprint density at radius 1 is 1.45 bits per heavy atom. The van der Waals surface area contributed by atoms with E-state index in [1.165, 1.54) is 0 Å². The van der Waals surface area contributed by atoms with Crippen molar-refractivity contribution >= 4 is 23.4 Å². The zero-order valence-corrected chi connectivity index (χ0v) is 11.7. The van der Waals surface area contributed by atoms with E-state index in [2.05, 4.69) is 4.98 Å². The summed E-state index contributed by atoms with van der Waals surface area (Å²) in [6.45, 7) is 2.82. The maximum absolute atomic E-state index is 10.7. The normalized spacial score (nSPS) is 16.5. The Morgan fingerprint density at radius 3 is 2.95 bits per heavy atom. The van der Waals surface area contributed by atoms with Gasteiger partial charge in [-0.15, -0.1) is 0 Å². The maximum atomic E-state index is 10.7. The number of carboxylic acids is 1. The molecule has 1 fully saturated rings. The number of nitrogens with zero attached hydrogens (tertiary/aromatic N) is 4. The molecule has 0 amide bonds. The molecule has 20 heavy (non-hydrogen) atoms. The molecule has 0 unspecified atom stereocenters. The van der Waals surface area contributed by atoms with Gasteiger partial charge in [-0.1, -0.05) is 11.6 Å². The quantitative estimate of drug-likeness (QED) is 0.902. The first-order valence-electron chi connectivity index (χ1n) is 6.35. The van der Waals surface area contributed by atoms with Crippen LogP contribution in [-0.4, -0.2) is 53.7 Å². The number of carbonyl (C=O) groups is 1. The minimum Gasteiger partial charge on any atom is -0.480 e. The zero-order chi connectivity index (χ0) is 14.5. The van der Waals surface area contributed by atoms with E-state index in [0.29, 0.717) is 29.5 Å². The summed E-state index contributed by atoms with van der Waals surface area (Å²) in [6.07, 6.45) is 2.40. The number of carboxylic acid groups (broad SMARTS) is 1. The van der Waals surface area contributed by atoms with Crippen molar-refractivity contribution in [3.05, 3.63) is 22.8 Å². The molecule has 0 spiro atoms. The lowest BCUT2D eigenvalue weighted by atomic mass is 10.2. The summed E-state index contributed by atoms with van der Waals surface area (Å²) < 4.78 is 0. The molecule has 0 atom stereocenters. The first-order valence-corrected chi connectivity index (χ1v) is 6.73. The molecule has 6 nitrogen and oxygen atoms in total. The van der Waals surface area contributed by atoms with Gasteiger partial charge in [0.25, 0.3) is 0 Å². The van der Waals surface area contributed by atoms with Gasteiger partial charge in [0.2, 0.25) is 0 Å². The minimum absolute atomic E-state index is 0.0488. The van der Waals surface area contributed by atoms with Gasteiger partial charge >= 0.3 is 5.97 Å². The molecule has 0 aliphatic carbocycles. The number of aromatic nitrogens is 1. The third-order valence-electron chi connectivity index (χ3n) is 3.24. The molecule has 2 heterocycles. The smallest absolute Gasteiger partial charge is 0.317 e. The van der Waals surface area contributed by atoms with Crippen molar-refractivity contribution in [3.63, 3.8) is 0 Å². The van der Waals surface area contributed by atoms with Gasteiger partial charge in [0.05, 0.1) is 12.1 Å². The SMILES string of the molecule is N#Cc1ccnc(N2CCCN(CC(=O)O)CC2)c1Cl. The molecule has 1 saturated heterocycles. The number of hydrogen-bond donors (Lipinski definition) is 1. The molecular weight excluding hydrogens is 280 g/mol. The van der Waals surface area contributed by atoms with Crippen LogP contribution in [0.2, 0.25) is 5.02 Å². The molecule has 1 aromatic rings. The second-order valence-corrected chi connectivity index (χ2v) is 5.00. The first-order chi connectivity index (χ1) is 9.61. The summed E-state index contributed by atoms with van der Waals surface area (Å²) in [5, 5.41) is 18.2. The Hall–Kier alpha value is -1.84. The fraction of sp³-hybridized carbons (Fsp3) is 0.462. The van der Waals surface area contributed by atoms with Crippen molar-refractivity contribution in [3.8, 4) is 6.07 Å². The van der Waals surface area contributed by atoms with Gasteiger partial charge in [0, 0.05) is 32.4 Å². The topological polar surface area (TPSA) is 80.5 Å². The van der Waals surface area contributed by atoms with Gasteiger partial charge in [0.15, 0.2) is 0 Å². The lowest BCUT2D eigenvalue weighted by Gasteiger charge is -2.23. The van der Waals surface area contributed by atoms with Crippen LogP contribution in [0.1, 0.15) is 12.0 Å². The number of nitriles is 1. The highest BCUT2D eigenvalue weighted by molar-refractivity contribution is 6.34. The largest absolute Gasteiger partial charge is 0.480 e. The lowest BCUT2D eigenvalue weighted by molar-refractivity contribution is -0.138. The van der Waals surface area contributed by atoms with E-state index in [0.717, 1.165) is 19.5 Å². The molecule has 0 radical (unpaired) electrons. The summed E-state index contributed by atoms with van der Waals surface area (Å²) in [5.41, 5.74) is 0.406. The van der Waals surface area contributed by atoms with Gasteiger partial charge in [0.1, 0.15) is 16.9 Å². The van der Waals surface area contributed by atoms with E-state index >= 15 is 0 Å². The molecule has 1 N–H and O–H groups in total. The van der Waals surface area contributed by atoms with Crippen LogP contribution in [0.3, 0.4) is 0 Å². The average molecular weight is 295 g/mol. The average Bonchev–Trinajstić information content (AvgIpc) is 2.64. The summed E-state index contributed by atoms with van der Waals surface area (Å²) in [4.78, 5) is 18.9. The number of hydrogen-bond acceptors (Lipinski definition) is 5. The van der Waals surface area contributed by atoms with E-state index in [9.17, 15) is 4.79 Å². The molecular formula is C13H15ClN4O2. The van der Waals surface area contributed by atoms with Crippen LogP contribution in [0, 0.1) is 11.3 Å². The second-order valence-electron chi connectivity index (χ2n) is 4.62. The van der Waals surface area contributed by atoms with E-state index in [4.69, 9.17) is 22.0 Å². The summed E-state index contributed by atoms with van der Waals surface area (Å²) in [7, 11) is 0. The van der Waals surface area contributed by atoms with Crippen LogP contribution < -0.4 is 4.90 Å². The van der Waals surface area contributed by atoms with Crippen molar-refractivity contribution in [2.45, 2.75) is 6.42 Å². The molecule has 2 rings (SSSR count). The maximum Gasteiger partial charge on any atom is 0.317 e. The molecule has 1 aliphatic heterocycles. The second kappa shape index (κ2) is 6.55. The van der Waals surface area contributed by atoms with E-state index in [1.807, 2.05) is 15.9 Å². The molecule has 106 valence electrons. The van der Waals surface area contributed by atoms with Crippen molar-refractivity contribution < 1.29 is 9.90 Å². The monoisotopic (exact) mass is 294 g/mol. The van der Waals surface area contributed by atoms with Crippen LogP contribution in [-0.2, 0) is 4.79 Å². The van der Waals surface area contributed by atoms with Crippen LogP contribution in [0.5, 0.6) is 0 Å². The fourth-order valence-corrected chi connectivity index (χ4v) is 2.55. The minimum atomic E-state index is -0.818. The molecule has 0 saturated carbocycles. The lowest BCUT2D eigenvalue weighted by Crippen LogP contribution is -2.34. The number of rotatable bonds is 3. The highest BCUT2D eigenvalue weighted by atomic mass is 35.5. The third kappa shape index (κ3) is 3.38. The highest BCUT2D eigenvalue weighted by Gasteiger charge is 2.20. The Kier molecular flexibility index (Phi) is 4.77. The van der Waals surface area contributed by atoms with Crippen LogP contribution in [0.25, 0.3) is 0 Å². The van der Waals surface area contributed by atoms with E-state index < -0.39 is 5.97 Å². The molecule has 0 aromatic carbocycles. The summed E-state index contributed by atoms with van der Waals surface area (Å²) in [5.74, 6) is -0.219. The van der Waals surface area contributed by atoms with Crippen LogP contribution in [0.15, 0.2) is 12.3 Å². The number of aliphatic carboxylic acids is 1. The van der Waals surface area contributed by atoms with Gasteiger partial charge < -0.3 is 10.0 Å². The summed E-state index contributed by atoms with van der Waals surface area (Å²) in [6, 6.07) is 3.62. The van der Waals surface area contributed by atoms with Gasteiger partial charge in [-0.2, -0.15) is 5.26 Å². The molecule has 1 aliphatic rings. The van der Waals surface area contributed by atoms with Crippen molar-refractivity contribution in [2.24, 2.45) is 0 Å². The summed E-state index contributed by atoms with van der Waals surface area (Å²) >= 11 is 6.18. The number of halogens is 1. The van der Waals surface area contributed by atoms with Gasteiger partial charge in [-0.3, -0.25) is 9.69 Å². The Bertz CT molecular complexity index is 544. The fourth-order valence-electron chi connectivity index (χ4n) is 2.27. The molecule has 0 bridgehead atoms. The van der Waals surface area contributed by atoms with Crippen molar-refractivity contribution in [1.29, 1.82) is 5.26 Å². The van der Waals surface area contributed by atoms with Crippen molar-refractivity contribution in [2.75, 3.05) is 37.6 Å². The van der Waals surface area contributed by atoms with Gasteiger partial charge in [-0.25, -0.2) is 4.98 Å². The highest BCUT2D eigenvalue weighted by Crippen LogP contribution is 2.27. The Labute approximate surface area is 122 Å². The van der Waals surface area contributed by atoms with Crippen LogP contribution >= 0.6 is 11.6 Å². The van der Waals surface area contributed by atoms with E-state index in [1.54, 1.807) is 12.3 Å². The Balaban J connectivity index is 2.11. The third-order valence-corrected chi connectivity index (χ3v) is 3.61.